The van der Waals surface area contributed by atoms with E-state index < -0.39 is 0 Å². The number of aliphatic hydroxyl groups excluding tert-OH is 1. The normalized spacial score (nSPS) is 30.5. The molecule has 3 rings (SSSR count). The maximum absolute atomic E-state index is 9.88. The van der Waals surface area contributed by atoms with E-state index >= 15 is 0 Å². The van der Waals surface area contributed by atoms with Crippen molar-refractivity contribution in [2.45, 2.75) is 18.9 Å². The third-order valence-corrected chi connectivity index (χ3v) is 4.60. The molecule has 0 spiro atoms. The van der Waals surface area contributed by atoms with E-state index in [0.717, 1.165) is 31.8 Å². The average Bonchev–Trinajstić information content (AvgIpc) is 2.92. The van der Waals surface area contributed by atoms with Crippen LogP contribution in [0.2, 0.25) is 5.02 Å². The zero-order chi connectivity index (χ0) is 13.2. The van der Waals surface area contributed by atoms with E-state index in [9.17, 15) is 5.11 Å². The standard InChI is InChI=1S/C15H20ClNO2/c16-12-2-1-3-13(8-12)19-7-6-17-9-11-4-5-15(18)14(11)10-17/h1-3,8,11,14-15,18H,4-7,9-10H2. The van der Waals surface area contributed by atoms with Crippen LogP contribution in [0.3, 0.4) is 0 Å². The molecule has 0 radical (unpaired) electrons. The van der Waals surface area contributed by atoms with Crippen LogP contribution in [0.15, 0.2) is 24.3 Å². The van der Waals surface area contributed by atoms with Gasteiger partial charge >= 0.3 is 0 Å². The first-order chi connectivity index (χ1) is 9.22. The lowest BCUT2D eigenvalue weighted by Gasteiger charge is -2.18. The monoisotopic (exact) mass is 281 g/mol. The number of hydrogen-bond acceptors (Lipinski definition) is 3. The molecule has 3 atom stereocenters. The summed E-state index contributed by atoms with van der Waals surface area (Å²) in [6, 6.07) is 7.50. The first-order valence-corrected chi connectivity index (χ1v) is 7.39. The highest BCUT2D eigenvalue weighted by Crippen LogP contribution is 2.37. The Balaban J connectivity index is 1.44. The van der Waals surface area contributed by atoms with E-state index in [1.807, 2.05) is 24.3 Å². The lowest BCUT2D eigenvalue weighted by Crippen LogP contribution is -2.28. The summed E-state index contributed by atoms with van der Waals surface area (Å²) in [6.07, 6.45) is 2.09. The fourth-order valence-electron chi connectivity index (χ4n) is 3.36. The summed E-state index contributed by atoms with van der Waals surface area (Å²) in [5.74, 6) is 2.01. The quantitative estimate of drug-likeness (QED) is 0.920. The van der Waals surface area contributed by atoms with Crippen LogP contribution >= 0.6 is 11.6 Å². The summed E-state index contributed by atoms with van der Waals surface area (Å²) in [6.45, 7) is 3.73. The Hall–Kier alpha value is -0.770. The molecule has 1 saturated carbocycles. The van der Waals surface area contributed by atoms with Crippen LogP contribution in [0.25, 0.3) is 0 Å². The molecule has 3 unspecified atom stereocenters. The molecule has 1 N–H and O–H groups in total. The number of nitrogens with zero attached hydrogens (tertiary/aromatic N) is 1. The van der Waals surface area contributed by atoms with E-state index in [4.69, 9.17) is 16.3 Å². The highest BCUT2D eigenvalue weighted by molar-refractivity contribution is 6.30. The molecule has 1 aliphatic carbocycles. The van der Waals surface area contributed by atoms with Crippen molar-refractivity contribution in [1.29, 1.82) is 0 Å². The maximum Gasteiger partial charge on any atom is 0.120 e. The largest absolute Gasteiger partial charge is 0.492 e. The van der Waals surface area contributed by atoms with Crippen molar-refractivity contribution in [3.8, 4) is 5.75 Å². The molecule has 1 saturated heterocycles. The summed E-state index contributed by atoms with van der Waals surface area (Å²) >= 11 is 5.91. The minimum atomic E-state index is -0.0798. The molecular weight excluding hydrogens is 262 g/mol. The molecule has 4 heteroatoms. The SMILES string of the molecule is OC1CCC2CN(CCOc3cccc(Cl)c3)CC12. The summed E-state index contributed by atoms with van der Waals surface area (Å²) in [5.41, 5.74) is 0. The first-order valence-electron chi connectivity index (χ1n) is 7.01. The number of benzene rings is 1. The molecule has 19 heavy (non-hydrogen) atoms. The molecule has 3 nitrogen and oxygen atoms in total. The molecule has 2 aliphatic rings. The Bertz CT molecular complexity index is 440. The fraction of sp³-hybridized carbons (Fsp3) is 0.600. The Morgan fingerprint density at radius 1 is 1.32 bits per heavy atom. The Morgan fingerprint density at radius 3 is 3.00 bits per heavy atom. The van der Waals surface area contributed by atoms with Gasteiger partial charge in [-0.25, -0.2) is 0 Å². The lowest BCUT2D eigenvalue weighted by molar-refractivity contribution is 0.122. The molecule has 0 bridgehead atoms. The second kappa shape index (κ2) is 5.70. The fourth-order valence-corrected chi connectivity index (χ4v) is 3.54. The van der Waals surface area contributed by atoms with Gasteiger partial charge in [0.1, 0.15) is 12.4 Å². The van der Waals surface area contributed by atoms with Gasteiger partial charge in [0.25, 0.3) is 0 Å². The third-order valence-electron chi connectivity index (χ3n) is 4.37. The van der Waals surface area contributed by atoms with Gasteiger partial charge in [-0.2, -0.15) is 0 Å². The van der Waals surface area contributed by atoms with Gasteiger partial charge in [0.2, 0.25) is 0 Å². The van der Waals surface area contributed by atoms with Crippen molar-refractivity contribution in [1.82, 2.24) is 4.90 Å². The number of halogens is 1. The van der Waals surface area contributed by atoms with Crippen LogP contribution in [0.4, 0.5) is 0 Å². The van der Waals surface area contributed by atoms with Crippen molar-refractivity contribution in [2.75, 3.05) is 26.2 Å². The highest BCUT2D eigenvalue weighted by Gasteiger charge is 2.41. The van der Waals surface area contributed by atoms with Crippen molar-refractivity contribution in [3.05, 3.63) is 29.3 Å². The number of hydrogen-bond donors (Lipinski definition) is 1. The molecular formula is C15H20ClNO2. The van der Waals surface area contributed by atoms with Crippen molar-refractivity contribution in [3.63, 3.8) is 0 Å². The minimum Gasteiger partial charge on any atom is -0.492 e. The lowest BCUT2D eigenvalue weighted by atomic mass is 10.00. The summed E-state index contributed by atoms with van der Waals surface area (Å²) < 4.78 is 5.71. The maximum atomic E-state index is 9.88. The second-order valence-corrected chi connectivity index (χ2v) is 6.07. The van der Waals surface area contributed by atoms with E-state index in [1.54, 1.807) is 0 Å². The second-order valence-electron chi connectivity index (χ2n) is 5.63. The number of aliphatic hydroxyl groups is 1. The summed E-state index contributed by atoms with van der Waals surface area (Å²) in [7, 11) is 0. The predicted octanol–water partition coefficient (Wildman–Crippen LogP) is 2.42. The smallest absolute Gasteiger partial charge is 0.120 e. The van der Waals surface area contributed by atoms with E-state index in [2.05, 4.69) is 4.90 Å². The third kappa shape index (κ3) is 3.04. The van der Waals surface area contributed by atoms with Gasteiger partial charge in [-0.05, 0) is 37.0 Å². The number of likely N-dealkylation sites (tertiary alicyclic amines) is 1. The molecule has 0 aromatic heterocycles. The van der Waals surface area contributed by atoms with Crippen molar-refractivity contribution in [2.24, 2.45) is 11.8 Å². The van der Waals surface area contributed by atoms with Crippen LogP contribution in [-0.2, 0) is 0 Å². The molecule has 1 aliphatic heterocycles. The van der Waals surface area contributed by atoms with Crippen molar-refractivity contribution >= 4 is 11.6 Å². The van der Waals surface area contributed by atoms with E-state index in [-0.39, 0.29) is 6.10 Å². The predicted molar refractivity (Wildman–Crippen MR) is 75.6 cm³/mol. The van der Waals surface area contributed by atoms with Gasteiger partial charge in [0.15, 0.2) is 0 Å². The van der Waals surface area contributed by atoms with E-state index in [0.29, 0.717) is 23.5 Å². The van der Waals surface area contributed by atoms with Crippen molar-refractivity contribution < 1.29 is 9.84 Å². The molecule has 1 heterocycles. The molecule has 2 fully saturated rings. The van der Waals surface area contributed by atoms with Gasteiger partial charge in [-0.3, -0.25) is 4.90 Å². The first kappa shape index (κ1) is 13.2. The Kier molecular flexibility index (Phi) is 3.96. The van der Waals surface area contributed by atoms with Gasteiger partial charge in [-0.15, -0.1) is 0 Å². The van der Waals surface area contributed by atoms with Crippen LogP contribution in [0.5, 0.6) is 5.75 Å². The molecule has 0 amide bonds. The van der Waals surface area contributed by atoms with E-state index in [1.165, 1.54) is 6.42 Å². The van der Waals surface area contributed by atoms with Crippen LogP contribution in [-0.4, -0.2) is 42.4 Å². The number of rotatable bonds is 4. The average molecular weight is 282 g/mol. The van der Waals surface area contributed by atoms with Crippen LogP contribution < -0.4 is 4.74 Å². The van der Waals surface area contributed by atoms with Gasteiger partial charge in [0.05, 0.1) is 6.10 Å². The minimum absolute atomic E-state index is 0.0798. The molecule has 104 valence electrons. The van der Waals surface area contributed by atoms with Gasteiger partial charge in [0, 0.05) is 30.6 Å². The number of fused-ring (bicyclic) bond motifs is 1. The molecule has 1 aromatic carbocycles. The zero-order valence-electron chi connectivity index (χ0n) is 11.0. The topological polar surface area (TPSA) is 32.7 Å². The summed E-state index contributed by atoms with van der Waals surface area (Å²) in [5, 5.41) is 10.6. The number of ether oxygens (including phenoxy) is 1. The Morgan fingerprint density at radius 2 is 2.21 bits per heavy atom. The zero-order valence-corrected chi connectivity index (χ0v) is 11.7. The Labute approximate surface area is 119 Å². The summed E-state index contributed by atoms with van der Waals surface area (Å²) in [4.78, 5) is 2.41. The van der Waals surface area contributed by atoms with Gasteiger partial charge in [-0.1, -0.05) is 17.7 Å². The highest BCUT2D eigenvalue weighted by atomic mass is 35.5. The molecule has 1 aromatic rings. The van der Waals surface area contributed by atoms with Gasteiger partial charge < -0.3 is 9.84 Å². The van der Waals surface area contributed by atoms with Crippen LogP contribution in [0.1, 0.15) is 12.8 Å². The van der Waals surface area contributed by atoms with Crippen LogP contribution in [0, 0.1) is 11.8 Å².